The van der Waals surface area contributed by atoms with E-state index in [1.54, 1.807) is 12.1 Å². The van der Waals surface area contributed by atoms with Crippen LogP contribution in [0.25, 0.3) is 0 Å². The van der Waals surface area contributed by atoms with E-state index in [-0.39, 0.29) is 5.82 Å². The summed E-state index contributed by atoms with van der Waals surface area (Å²) in [7, 11) is 0. The van der Waals surface area contributed by atoms with Crippen LogP contribution in [0.15, 0.2) is 18.2 Å². The molecule has 0 amide bonds. The van der Waals surface area contributed by atoms with Gasteiger partial charge in [-0.15, -0.1) is 0 Å². The van der Waals surface area contributed by atoms with Gasteiger partial charge < -0.3 is 10.1 Å². The minimum absolute atomic E-state index is 0.180. The molecule has 16 heavy (non-hydrogen) atoms. The number of halogens is 1. The molecule has 88 valence electrons. The average Bonchev–Trinajstić information content (AvgIpc) is 2.29. The first-order valence-electron chi connectivity index (χ1n) is 5.83. The van der Waals surface area contributed by atoms with Gasteiger partial charge in [-0.3, -0.25) is 0 Å². The van der Waals surface area contributed by atoms with Crippen LogP contribution in [0.1, 0.15) is 24.0 Å². The van der Waals surface area contributed by atoms with E-state index in [0.717, 1.165) is 30.6 Å². The van der Waals surface area contributed by atoms with E-state index < -0.39 is 0 Å². The molecule has 0 bridgehead atoms. The summed E-state index contributed by atoms with van der Waals surface area (Å²) >= 11 is 0. The van der Waals surface area contributed by atoms with Gasteiger partial charge in [-0.05, 0) is 49.6 Å². The fraction of sp³-hybridized carbons (Fsp3) is 0.538. The maximum atomic E-state index is 12.9. The molecule has 3 heteroatoms. The lowest BCUT2D eigenvalue weighted by molar-refractivity contribution is 0.0250. The summed E-state index contributed by atoms with van der Waals surface area (Å²) in [5, 5.41) is 3.31. The Bertz CT molecular complexity index is 348. The zero-order valence-electron chi connectivity index (χ0n) is 9.63. The molecule has 1 atom stereocenters. The van der Waals surface area contributed by atoms with Crippen molar-refractivity contribution in [3.05, 3.63) is 35.1 Å². The van der Waals surface area contributed by atoms with Crippen molar-refractivity contribution in [1.82, 2.24) is 5.32 Å². The van der Waals surface area contributed by atoms with Crippen molar-refractivity contribution in [2.75, 3.05) is 13.1 Å². The van der Waals surface area contributed by atoms with E-state index in [0.29, 0.717) is 12.7 Å². The van der Waals surface area contributed by atoms with Crippen molar-refractivity contribution in [3.63, 3.8) is 0 Å². The Morgan fingerprint density at radius 3 is 3.06 bits per heavy atom. The zero-order chi connectivity index (χ0) is 11.4. The fourth-order valence-electron chi connectivity index (χ4n) is 1.99. The maximum absolute atomic E-state index is 12.9. The first kappa shape index (κ1) is 11.6. The lowest BCUT2D eigenvalue weighted by Crippen LogP contribution is -2.35. The molecule has 0 aromatic heterocycles. The second kappa shape index (κ2) is 5.41. The van der Waals surface area contributed by atoms with Crippen LogP contribution in [-0.4, -0.2) is 19.2 Å². The van der Waals surface area contributed by atoms with Crippen LogP contribution in [0.2, 0.25) is 0 Å². The largest absolute Gasteiger partial charge is 0.372 e. The number of aryl methyl sites for hydroxylation is 1. The van der Waals surface area contributed by atoms with Crippen LogP contribution in [0, 0.1) is 12.7 Å². The zero-order valence-corrected chi connectivity index (χ0v) is 9.63. The van der Waals surface area contributed by atoms with Crippen LogP contribution in [0.4, 0.5) is 4.39 Å². The predicted molar refractivity (Wildman–Crippen MR) is 61.8 cm³/mol. The van der Waals surface area contributed by atoms with Crippen molar-refractivity contribution in [2.45, 2.75) is 32.5 Å². The summed E-state index contributed by atoms with van der Waals surface area (Å²) in [4.78, 5) is 0. The number of ether oxygens (including phenoxy) is 1. The normalized spacial score (nSPS) is 21.0. The molecule has 0 spiro atoms. The Balaban J connectivity index is 1.88. The average molecular weight is 223 g/mol. The van der Waals surface area contributed by atoms with Crippen molar-refractivity contribution in [3.8, 4) is 0 Å². The molecule has 0 aliphatic carbocycles. The highest BCUT2D eigenvalue weighted by molar-refractivity contribution is 5.25. The van der Waals surface area contributed by atoms with Gasteiger partial charge in [0, 0.05) is 6.54 Å². The van der Waals surface area contributed by atoms with Gasteiger partial charge in [-0.2, -0.15) is 0 Å². The summed E-state index contributed by atoms with van der Waals surface area (Å²) in [6.45, 7) is 4.52. The van der Waals surface area contributed by atoms with E-state index in [9.17, 15) is 4.39 Å². The number of hydrogen-bond donors (Lipinski definition) is 1. The molecule has 1 heterocycles. The third-order valence-electron chi connectivity index (χ3n) is 3.03. The molecule has 2 nitrogen and oxygen atoms in total. The predicted octanol–water partition coefficient (Wildman–Crippen LogP) is 2.40. The highest BCUT2D eigenvalue weighted by Crippen LogP contribution is 2.14. The standard InChI is InChI=1S/C13H18FNO/c1-10-7-12(14)5-4-11(10)9-16-13-3-2-6-15-8-13/h4-5,7,13,15H,2-3,6,8-9H2,1H3/t13-/m0/s1. The number of rotatable bonds is 3. The summed E-state index contributed by atoms with van der Waals surface area (Å²) in [5.74, 6) is -0.180. The summed E-state index contributed by atoms with van der Waals surface area (Å²) in [6.07, 6.45) is 2.60. The molecule has 1 aliphatic heterocycles. The van der Waals surface area contributed by atoms with Gasteiger partial charge in [0.2, 0.25) is 0 Å². The first-order chi connectivity index (χ1) is 7.75. The molecule has 1 saturated heterocycles. The highest BCUT2D eigenvalue weighted by atomic mass is 19.1. The third-order valence-corrected chi connectivity index (χ3v) is 3.03. The molecular formula is C13H18FNO. The Morgan fingerprint density at radius 2 is 2.38 bits per heavy atom. The molecular weight excluding hydrogens is 205 g/mol. The quantitative estimate of drug-likeness (QED) is 0.849. The summed E-state index contributed by atoms with van der Waals surface area (Å²) in [6, 6.07) is 4.85. The number of piperidine rings is 1. The van der Waals surface area contributed by atoms with Gasteiger partial charge in [-0.1, -0.05) is 6.07 Å². The molecule has 0 saturated carbocycles. The third kappa shape index (κ3) is 3.03. The molecule has 0 unspecified atom stereocenters. The Kier molecular flexibility index (Phi) is 3.91. The van der Waals surface area contributed by atoms with Crippen molar-refractivity contribution >= 4 is 0 Å². The van der Waals surface area contributed by atoms with Crippen LogP contribution in [0.3, 0.4) is 0 Å². The van der Waals surface area contributed by atoms with Crippen LogP contribution in [0.5, 0.6) is 0 Å². The Morgan fingerprint density at radius 1 is 1.50 bits per heavy atom. The van der Waals surface area contributed by atoms with Crippen LogP contribution >= 0.6 is 0 Å². The second-order valence-corrected chi connectivity index (χ2v) is 4.35. The molecule has 0 radical (unpaired) electrons. The van der Waals surface area contributed by atoms with E-state index in [1.807, 2.05) is 6.92 Å². The molecule has 1 aromatic rings. The topological polar surface area (TPSA) is 21.3 Å². The van der Waals surface area contributed by atoms with E-state index >= 15 is 0 Å². The smallest absolute Gasteiger partial charge is 0.123 e. The van der Waals surface area contributed by atoms with Crippen LogP contribution < -0.4 is 5.32 Å². The number of hydrogen-bond acceptors (Lipinski definition) is 2. The first-order valence-corrected chi connectivity index (χ1v) is 5.83. The maximum Gasteiger partial charge on any atom is 0.123 e. The van der Waals surface area contributed by atoms with Crippen molar-refractivity contribution in [2.24, 2.45) is 0 Å². The van der Waals surface area contributed by atoms with Gasteiger partial charge >= 0.3 is 0 Å². The number of benzene rings is 1. The van der Waals surface area contributed by atoms with Gasteiger partial charge in [0.1, 0.15) is 5.82 Å². The van der Waals surface area contributed by atoms with Gasteiger partial charge in [0.05, 0.1) is 12.7 Å². The lowest BCUT2D eigenvalue weighted by Gasteiger charge is -2.23. The van der Waals surface area contributed by atoms with Gasteiger partial charge in [0.15, 0.2) is 0 Å². The van der Waals surface area contributed by atoms with Gasteiger partial charge in [-0.25, -0.2) is 4.39 Å². The Hall–Kier alpha value is -0.930. The van der Waals surface area contributed by atoms with Crippen LogP contribution in [-0.2, 0) is 11.3 Å². The number of nitrogens with one attached hydrogen (secondary N) is 1. The fourth-order valence-corrected chi connectivity index (χ4v) is 1.99. The molecule has 1 N–H and O–H groups in total. The SMILES string of the molecule is Cc1cc(F)ccc1CO[C@H]1CCCNC1. The van der Waals surface area contributed by atoms with E-state index in [4.69, 9.17) is 4.74 Å². The summed E-state index contributed by atoms with van der Waals surface area (Å²) in [5.41, 5.74) is 2.04. The molecule has 2 rings (SSSR count). The van der Waals surface area contributed by atoms with Gasteiger partial charge in [0.25, 0.3) is 0 Å². The molecule has 1 aliphatic rings. The second-order valence-electron chi connectivity index (χ2n) is 4.35. The van der Waals surface area contributed by atoms with Crippen molar-refractivity contribution in [1.29, 1.82) is 0 Å². The summed E-state index contributed by atoms with van der Waals surface area (Å²) < 4.78 is 18.7. The van der Waals surface area contributed by atoms with Crippen molar-refractivity contribution < 1.29 is 9.13 Å². The lowest BCUT2D eigenvalue weighted by atomic mass is 10.1. The minimum atomic E-state index is -0.180. The molecule has 1 aromatic carbocycles. The monoisotopic (exact) mass is 223 g/mol. The van der Waals surface area contributed by atoms with E-state index in [2.05, 4.69) is 5.32 Å². The Labute approximate surface area is 95.8 Å². The minimum Gasteiger partial charge on any atom is -0.372 e. The molecule has 1 fully saturated rings. The highest BCUT2D eigenvalue weighted by Gasteiger charge is 2.13. The van der Waals surface area contributed by atoms with E-state index in [1.165, 1.54) is 12.5 Å².